The van der Waals surface area contributed by atoms with Gasteiger partial charge in [-0.25, -0.2) is 0 Å². The maximum atomic E-state index is 11.8. The van der Waals surface area contributed by atoms with E-state index >= 15 is 0 Å². The van der Waals surface area contributed by atoms with Crippen LogP contribution in [-0.4, -0.2) is 26.6 Å². The fraction of sp³-hybridized carbons (Fsp3) is 0.500. The average Bonchev–Trinajstić information content (AvgIpc) is 2.39. The quantitative estimate of drug-likeness (QED) is 0.834. The van der Waals surface area contributed by atoms with Crippen molar-refractivity contribution in [2.75, 3.05) is 20.7 Å². The Balaban J connectivity index is 3.17. The summed E-state index contributed by atoms with van der Waals surface area (Å²) in [5, 5.41) is 2.64. The zero-order valence-corrected chi connectivity index (χ0v) is 11.5. The molecule has 0 aliphatic rings. The van der Waals surface area contributed by atoms with E-state index in [0.29, 0.717) is 12.5 Å². The molecular formula is C14H22N2O2. The molecule has 0 saturated carbocycles. The van der Waals surface area contributed by atoms with E-state index in [-0.39, 0.29) is 11.8 Å². The highest BCUT2D eigenvalue weighted by Gasteiger charge is 2.19. The van der Waals surface area contributed by atoms with Crippen LogP contribution in [0.15, 0.2) is 18.2 Å². The lowest BCUT2D eigenvalue weighted by molar-refractivity contribution is -0.121. The number of hydrogen-bond donors (Lipinski definition) is 2. The first-order chi connectivity index (χ1) is 8.54. The number of nitrogens with two attached hydrogens (primary N) is 1. The molecule has 1 unspecified atom stereocenters. The Morgan fingerprint density at radius 3 is 2.56 bits per heavy atom. The van der Waals surface area contributed by atoms with Gasteiger partial charge in [-0.3, -0.25) is 4.79 Å². The Morgan fingerprint density at radius 2 is 2.11 bits per heavy atom. The van der Waals surface area contributed by atoms with Crippen molar-refractivity contribution >= 4 is 5.91 Å². The molecule has 1 aromatic rings. The van der Waals surface area contributed by atoms with Gasteiger partial charge in [-0.15, -0.1) is 0 Å². The average molecular weight is 250 g/mol. The summed E-state index contributed by atoms with van der Waals surface area (Å²) in [4.78, 5) is 11.8. The van der Waals surface area contributed by atoms with Gasteiger partial charge in [0.2, 0.25) is 5.91 Å². The lowest BCUT2D eigenvalue weighted by Gasteiger charge is -2.18. The third kappa shape index (κ3) is 3.01. The number of carbonyl (C=O) groups excluding carboxylic acids is 1. The molecule has 4 heteroatoms. The first-order valence-corrected chi connectivity index (χ1v) is 6.14. The lowest BCUT2D eigenvalue weighted by atomic mass is 9.92. The first kappa shape index (κ1) is 14.5. The minimum Gasteiger partial charge on any atom is -0.496 e. The monoisotopic (exact) mass is 250 g/mol. The molecule has 1 amide bonds. The van der Waals surface area contributed by atoms with E-state index in [4.69, 9.17) is 10.5 Å². The largest absolute Gasteiger partial charge is 0.496 e. The zero-order chi connectivity index (χ0) is 13.7. The van der Waals surface area contributed by atoms with E-state index in [1.807, 2.05) is 18.2 Å². The highest BCUT2D eigenvalue weighted by molar-refractivity contribution is 5.83. The van der Waals surface area contributed by atoms with Gasteiger partial charge in [-0.05, 0) is 23.1 Å². The van der Waals surface area contributed by atoms with Crippen molar-refractivity contribution in [3.63, 3.8) is 0 Å². The zero-order valence-electron chi connectivity index (χ0n) is 11.5. The van der Waals surface area contributed by atoms with E-state index in [9.17, 15) is 4.79 Å². The van der Waals surface area contributed by atoms with Crippen LogP contribution in [0.5, 0.6) is 5.75 Å². The normalized spacial score (nSPS) is 12.3. The molecule has 1 rings (SSSR count). The summed E-state index contributed by atoms with van der Waals surface area (Å²) in [5.41, 5.74) is 7.71. The third-order valence-electron chi connectivity index (χ3n) is 3.08. The number of ether oxygens (including phenoxy) is 1. The number of carbonyl (C=O) groups is 1. The first-order valence-electron chi connectivity index (χ1n) is 6.14. The fourth-order valence-electron chi connectivity index (χ4n) is 1.99. The van der Waals surface area contributed by atoms with Crippen LogP contribution in [0.1, 0.15) is 36.8 Å². The van der Waals surface area contributed by atoms with Crippen molar-refractivity contribution in [3.05, 3.63) is 29.3 Å². The molecule has 100 valence electrons. The smallest absolute Gasteiger partial charge is 0.228 e. The summed E-state index contributed by atoms with van der Waals surface area (Å²) in [6, 6.07) is 5.81. The molecule has 18 heavy (non-hydrogen) atoms. The predicted octanol–water partition coefficient (Wildman–Crippen LogP) is 1.61. The predicted molar refractivity (Wildman–Crippen MR) is 72.9 cm³/mol. The second-order valence-corrected chi connectivity index (χ2v) is 4.56. The Hall–Kier alpha value is -1.55. The fourth-order valence-corrected chi connectivity index (χ4v) is 1.99. The standard InChI is InChI=1S/C14H22N2O2/c1-9(2)11-7-10(5-6-13(11)18-4)12(8-15)14(17)16-3/h5-7,9,12H,8,15H2,1-4H3,(H,16,17). The van der Waals surface area contributed by atoms with Gasteiger partial charge in [0.15, 0.2) is 0 Å². The molecule has 0 fully saturated rings. The number of amides is 1. The Morgan fingerprint density at radius 1 is 1.44 bits per heavy atom. The van der Waals surface area contributed by atoms with Gasteiger partial charge in [0.25, 0.3) is 0 Å². The van der Waals surface area contributed by atoms with Crippen molar-refractivity contribution in [2.24, 2.45) is 5.73 Å². The summed E-state index contributed by atoms with van der Waals surface area (Å²) in [6.45, 7) is 4.49. The molecule has 0 bridgehead atoms. The Labute approximate surface area is 109 Å². The van der Waals surface area contributed by atoms with Crippen molar-refractivity contribution in [2.45, 2.75) is 25.7 Å². The number of nitrogens with one attached hydrogen (secondary N) is 1. The Bertz CT molecular complexity index is 416. The van der Waals surface area contributed by atoms with Crippen LogP contribution in [-0.2, 0) is 4.79 Å². The molecule has 0 saturated heterocycles. The molecule has 0 aliphatic carbocycles. The third-order valence-corrected chi connectivity index (χ3v) is 3.08. The van der Waals surface area contributed by atoms with Gasteiger partial charge in [-0.1, -0.05) is 26.0 Å². The number of rotatable bonds is 5. The van der Waals surface area contributed by atoms with E-state index in [0.717, 1.165) is 16.9 Å². The number of likely N-dealkylation sites (N-methyl/N-ethyl adjacent to an activating group) is 1. The number of hydrogen-bond acceptors (Lipinski definition) is 3. The van der Waals surface area contributed by atoms with Crippen molar-refractivity contribution in [1.29, 1.82) is 0 Å². The summed E-state index contributed by atoms with van der Waals surface area (Å²) < 4.78 is 5.33. The second-order valence-electron chi connectivity index (χ2n) is 4.56. The van der Waals surface area contributed by atoms with E-state index in [1.165, 1.54) is 0 Å². The van der Waals surface area contributed by atoms with Gasteiger partial charge in [0, 0.05) is 13.6 Å². The summed E-state index contributed by atoms with van der Waals surface area (Å²) >= 11 is 0. The molecule has 0 aromatic heterocycles. The van der Waals surface area contributed by atoms with Gasteiger partial charge < -0.3 is 15.8 Å². The van der Waals surface area contributed by atoms with Crippen molar-refractivity contribution in [3.8, 4) is 5.75 Å². The van der Waals surface area contributed by atoms with Crippen LogP contribution in [0, 0.1) is 0 Å². The second kappa shape index (κ2) is 6.40. The highest BCUT2D eigenvalue weighted by atomic mass is 16.5. The summed E-state index contributed by atoms with van der Waals surface area (Å²) in [6.07, 6.45) is 0. The molecule has 0 spiro atoms. The molecule has 1 aromatic carbocycles. The minimum absolute atomic E-state index is 0.0580. The van der Waals surface area contributed by atoms with Gasteiger partial charge in [0.1, 0.15) is 5.75 Å². The molecule has 0 heterocycles. The van der Waals surface area contributed by atoms with E-state index in [1.54, 1.807) is 14.2 Å². The van der Waals surface area contributed by atoms with Gasteiger partial charge in [-0.2, -0.15) is 0 Å². The van der Waals surface area contributed by atoms with Crippen LogP contribution in [0.25, 0.3) is 0 Å². The van der Waals surface area contributed by atoms with Gasteiger partial charge in [0.05, 0.1) is 13.0 Å². The van der Waals surface area contributed by atoms with Crippen molar-refractivity contribution < 1.29 is 9.53 Å². The van der Waals surface area contributed by atoms with Crippen LogP contribution >= 0.6 is 0 Å². The van der Waals surface area contributed by atoms with E-state index < -0.39 is 0 Å². The Kier molecular flexibility index (Phi) is 5.16. The molecule has 0 aliphatic heterocycles. The minimum atomic E-state index is -0.307. The highest BCUT2D eigenvalue weighted by Crippen LogP contribution is 2.29. The maximum absolute atomic E-state index is 11.8. The summed E-state index contributed by atoms with van der Waals surface area (Å²) in [7, 11) is 3.28. The van der Waals surface area contributed by atoms with Crippen LogP contribution in [0.3, 0.4) is 0 Å². The molecule has 4 nitrogen and oxygen atoms in total. The lowest BCUT2D eigenvalue weighted by Crippen LogP contribution is -2.30. The van der Waals surface area contributed by atoms with Crippen LogP contribution < -0.4 is 15.8 Å². The molecule has 1 atom stereocenters. The summed E-state index contributed by atoms with van der Waals surface area (Å²) in [5.74, 6) is 0.820. The van der Waals surface area contributed by atoms with Gasteiger partial charge >= 0.3 is 0 Å². The van der Waals surface area contributed by atoms with Crippen LogP contribution in [0.2, 0.25) is 0 Å². The van der Waals surface area contributed by atoms with Crippen molar-refractivity contribution in [1.82, 2.24) is 5.32 Å². The topological polar surface area (TPSA) is 64.4 Å². The molecule has 0 radical (unpaired) electrons. The number of methoxy groups -OCH3 is 1. The molecule has 3 N–H and O–H groups in total. The van der Waals surface area contributed by atoms with Crippen LogP contribution in [0.4, 0.5) is 0 Å². The maximum Gasteiger partial charge on any atom is 0.228 e. The number of benzene rings is 1. The SMILES string of the molecule is CNC(=O)C(CN)c1ccc(OC)c(C(C)C)c1. The molecular weight excluding hydrogens is 228 g/mol. The van der Waals surface area contributed by atoms with E-state index in [2.05, 4.69) is 19.2 Å².